The van der Waals surface area contributed by atoms with Crippen LogP contribution in [0.1, 0.15) is 87.1 Å². The number of rotatable bonds is 10. The molecule has 2 rings (SSSR count). The molecule has 1 aromatic carbocycles. The molecular formula is C26H38N2O4S. The fraction of sp³-hybridized carbons (Fsp3) is 0.538. The van der Waals surface area contributed by atoms with Crippen molar-refractivity contribution in [2.45, 2.75) is 79.7 Å². The quantitative estimate of drug-likeness (QED) is 0.408. The van der Waals surface area contributed by atoms with E-state index in [9.17, 15) is 13.2 Å². The zero-order valence-electron chi connectivity index (χ0n) is 21.5. The van der Waals surface area contributed by atoms with Crippen molar-refractivity contribution < 1.29 is 17.9 Å². The summed E-state index contributed by atoms with van der Waals surface area (Å²) in [5.74, 6) is 0.589. The fourth-order valence-corrected chi connectivity index (χ4v) is 4.76. The molecule has 0 fully saturated rings. The Morgan fingerprint density at radius 1 is 1.12 bits per heavy atom. The fourth-order valence-electron chi connectivity index (χ4n) is 3.77. The largest absolute Gasteiger partial charge is 0.477 e. The van der Waals surface area contributed by atoms with Crippen LogP contribution >= 0.6 is 0 Å². The normalized spacial score (nSPS) is 11.7. The van der Waals surface area contributed by atoms with Crippen molar-refractivity contribution in [1.29, 1.82) is 0 Å². The second-order valence-electron chi connectivity index (χ2n) is 9.38. The van der Waals surface area contributed by atoms with Crippen LogP contribution in [0.25, 0.3) is 5.57 Å². The monoisotopic (exact) mass is 474 g/mol. The lowest BCUT2D eigenvalue weighted by atomic mass is 9.91. The predicted octanol–water partition coefficient (Wildman–Crippen LogP) is 5.78. The average Bonchev–Trinajstić information content (AvgIpc) is 3.03. The number of carbonyl (C=O) groups excluding carboxylic acids is 1. The molecule has 0 aliphatic rings. The number of benzene rings is 1. The van der Waals surface area contributed by atoms with Crippen LogP contribution in [0.3, 0.4) is 0 Å². The number of hydrogen-bond acceptors (Lipinski definition) is 5. The minimum Gasteiger partial charge on any atom is -0.477 e. The third-order valence-corrected chi connectivity index (χ3v) is 6.92. The lowest BCUT2D eigenvalue weighted by molar-refractivity contribution is 0.103. The SMILES string of the molecule is CCCCn1nc(C)c(C(=O)c2ccc(S(C)(=O)=O)c(C(C)=C(C)C)c2C)c1OCC(C)C. The summed E-state index contributed by atoms with van der Waals surface area (Å²) in [7, 11) is -3.47. The maximum absolute atomic E-state index is 13.8. The Morgan fingerprint density at radius 2 is 1.76 bits per heavy atom. The standard InChI is InChI=1S/C26H38N2O4S/c1-10-11-14-28-26(32-15-16(2)3)24(20(8)27-28)25(29)21-12-13-22(33(9,30)31)23(19(21)7)18(6)17(4)5/h12-13,16H,10-11,14-15H2,1-9H3. The van der Waals surface area contributed by atoms with Crippen LogP contribution in [0, 0.1) is 19.8 Å². The predicted molar refractivity (Wildman–Crippen MR) is 134 cm³/mol. The first-order valence-corrected chi connectivity index (χ1v) is 13.4. The van der Waals surface area contributed by atoms with Crippen LogP contribution in [-0.2, 0) is 16.4 Å². The van der Waals surface area contributed by atoms with E-state index in [1.54, 1.807) is 16.8 Å². The van der Waals surface area contributed by atoms with Gasteiger partial charge in [0, 0.05) is 18.4 Å². The van der Waals surface area contributed by atoms with E-state index in [1.807, 2.05) is 34.6 Å². The molecule has 0 bridgehead atoms. The highest BCUT2D eigenvalue weighted by Crippen LogP contribution is 2.34. The van der Waals surface area contributed by atoms with Crippen molar-refractivity contribution >= 4 is 21.2 Å². The molecule has 0 saturated heterocycles. The van der Waals surface area contributed by atoms with Gasteiger partial charge in [0.05, 0.1) is 17.2 Å². The smallest absolute Gasteiger partial charge is 0.223 e. The van der Waals surface area contributed by atoms with Crippen LogP contribution in [-0.4, -0.2) is 36.8 Å². The molecule has 0 amide bonds. The average molecular weight is 475 g/mol. The first-order valence-electron chi connectivity index (χ1n) is 11.5. The Morgan fingerprint density at radius 3 is 2.27 bits per heavy atom. The highest BCUT2D eigenvalue weighted by molar-refractivity contribution is 7.90. The van der Waals surface area contributed by atoms with Gasteiger partial charge in [0.2, 0.25) is 11.7 Å². The number of aromatic nitrogens is 2. The summed E-state index contributed by atoms with van der Waals surface area (Å²) >= 11 is 0. The van der Waals surface area contributed by atoms with Crippen LogP contribution in [0.5, 0.6) is 5.88 Å². The van der Waals surface area contributed by atoms with Crippen molar-refractivity contribution in [2.75, 3.05) is 12.9 Å². The molecule has 0 saturated carbocycles. The van der Waals surface area contributed by atoms with Gasteiger partial charge < -0.3 is 4.74 Å². The first kappa shape index (κ1) is 26.8. The third kappa shape index (κ3) is 5.94. The summed E-state index contributed by atoms with van der Waals surface area (Å²) in [6.07, 6.45) is 3.13. The topological polar surface area (TPSA) is 78.3 Å². The molecular weight excluding hydrogens is 436 g/mol. The molecule has 0 unspecified atom stereocenters. The number of hydrogen-bond donors (Lipinski definition) is 0. The second kappa shape index (κ2) is 10.7. The molecule has 6 nitrogen and oxygen atoms in total. The van der Waals surface area contributed by atoms with E-state index in [-0.39, 0.29) is 10.7 Å². The number of ketones is 1. The van der Waals surface area contributed by atoms with E-state index >= 15 is 0 Å². The van der Waals surface area contributed by atoms with Gasteiger partial charge in [-0.15, -0.1) is 0 Å². The number of carbonyl (C=O) groups is 1. The molecule has 0 aliphatic heterocycles. The van der Waals surface area contributed by atoms with Crippen molar-refractivity contribution in [3.8, 4) is 5.88 Å². The van der Waals surface area contributed by atoms with Crippen LogP contribution < -0.4 is 4.74 Å². The van der Waals surface area contributed by atoms with E-state index in [0.29, 0.717) is 52.9 Å². The summed E-state index contributed by atoms with van der Waals surface area (Å²) in [5, 5.41) is 4.61. The van der Waals surface area contributed by atoms with Gasteiger partial charge in [-0.1, -0.05) is 32.8 Å². The van der Waals surface area contributed by atoms with Crippen molar-refractivity contribution in [3.05, 3.63) is 45.7 Å². The minimum atomic E-state index is -3.47. The van der Waals surface area contributed by atoms with Crippen molar-refractivity contribution in [1.82, 2.24) is 9.78 Å². The third-order valence-electron chi connectivity index (χ3n) is 5.78. The van der Waals surface area contributed by atoms with Crippen LogP contribution in [0.2, 0.25) is 0 Å². The number of unbranched alkanes of at least 4 members (excludes halogenated alkanes) is 1. The number of ether oxygens (including phenoxy) is 1. The lowest BCUT2D eigenvalue weighted by Gasteiger charge is -2.17. The summed E-state index contributed by atoms with van der Waals surface area (Å²) in [6.45, 7) is 16.8. The molecule has 0 spiro atoms. The minimum absolute atomic E-state index is 0.200. The van der Waals surface area contributed by atoms with Gasteiger partial charge in [-0.2, -0.15) is 5.10 Å². The number of nitrogens with zero attached hydrogens (tertiary/aromatic N) is 2. The van der Waals surface area contributed by atoms with Gasteiger partial charge in [0.15, 0.2) is 9.84 Å². The Hall–Kier alpha value is -2.41. The second-order valence-corrected chi connectivity index (χ2v) is 11.4. The van der Waals surface area contributed by atoms with Gasteiger partial charge in [-0.25, -0.2) is 13.1 Å². The Labute approximate surface area is 199 Å². The molecule has 1 heterocycles. The van der Waals surface area contributed by atoms with Crippen molar-refractivity contribution in [2.24, 2.45) is 5.92 Å². The summed E-state index contributed by atoms with van der Waals surface area (Å²) in [6, 6.07) is 3.16. The van der Waals surface area contributed by atoms with E-state index in [4.69, 9.17) is 4.74 Å². The van der Waals surface area contributed by atoms with E-state index in [1.165, 1.54) is 6.26 Å². The van der Waals surface area contributed by atoms with Gasteiger partial charge >= 0.3 is 0 Å². The molecule has 33 heavy (non-hydrogen) atoms. The van der Waals surface area contributed by atoms with Crippen LogP contribution in [0.4, 0.5) is 0 Å². The van der Waals surface area contributed by atoms with Gasteiger partial charge in [0.25, 0.3) is 0 Å². The molecule has 0 N–H and O–H groups in total. The molecule has 182 valence electrons. The summed E-state index contributed by atoms with van der Waals surface area (Å²) in [5.41, 5.74) is 4.63. The molecule has 7 heteroatoms. The van der Waals surface area contributed by atoms with E-state index in [2.05, 4.69) is 25.9 Å². The highest BCUT2D eigenvalue weighted by Gasteiger charge is 2.28. The highest BCUT2D eigenvalue weighted by atomic mass is 32.2. The number of allylic oxidation sites excluding steroid dienone is 2. The van der Waals surface area contributed by atoms with Crippen LogP contribution in [0.15, 0.2) is 22.6 Å². The molecule has 0 radical (unpaired) electrons. The summed E-state index contributed by atoms with van der Waals surface area (Å²) in [4.78, 5) is 14.1. The van der Waals surface area contributed by atoms with E-state index < -0.39 is 9.84 Å². The summed E-state index contributed by atoms with van der Waals surface area (Å²) < 4.78 is 32.9. The zero-order chi connectivity index (χ0) is 25.1. The number of aryl methyl sites for hydroxylation is 2. The van der Waals surface area contributed by atoms with E-state index in [0.717, 1.165) is 24.0 Å². The Balaban J connectivity index is 2.75. The zero-order valence-corrected chi connectivity index (χ0v) is 22.3. The molecule has 0 aliphatic carbocycles. The lowest BCUT2D eigenvalue weighted by Crippen LogP contribution is -2.14. The molecule has 2 aromatic rings. The van der Waals surface area contributed by atoms with Gasteiger partial charge in [-0.05, 0) is 75.8 Å². The Bertz CT molecular complexity index is 1170. The first-order chi connectivity index (χ1) is 15.3. The molecule has 1 aromatic heterocycles. The van der Waals surface area contributed by atoms with Gasteiger partial charge in [-0.3, -0.25) is 4.79 Å². The molecule has 0 atom stereocenters. The number of sulfone groups is 1. The van der Waals surface area contributed by atoms with Gasteiger partial charge in [0.1, 0.15) is 5.56 Å². The van der Waals surface area contributed by atoms with Crippen molar-refractivity contribution in [3.63, 3.8) is 0 Å². The maximum atomic E-state index is 13.8. The maximum Gasteiger partial charge on any atom is 0.223 e. The Kier molecular flexibility index (Phi) is 8.69.